The first-order chi connectivity index (χ1) is 15.6. The predicted octanol–water partition coefficient (Wildman–Crippen LogP) is 5.25. The fraction of sp³-hybridized carbons (Fsp3) is 0.0870. The molecular weight excluding hydrogens is 432 g/mol. The van der Waals surface area contributed by atoms with Gasteiger partial charge in [0.2, 0.25) is 11.8 Å². The molecule has 0 saturated carbocycles. The first kappa shape index (κ1) is 19.9. The number of carbonyl (C=O) groups is 1. The summed E-state index contributed by atoms with van der Waals surface area (Å²) >= 11 is 6.06. The lowest BCUT2D eigenvalue weighted by Crippen LogP contribution is -2.18. The van der Waals surface area contributed by atoms with Crippen molar-refractivity contribution in [3.8, 4) is 28.9 Å². The molecule has 1 N–H and O–H groups in total. The summed E-state index contributed by atoms with van der Waals surface area (Å²) in [5.41, 5.74) is 2.08. The first-order valence-corrected chi connectivity index (χ1v) is 10.1. The molecule has 0 atom stereocenters. The quantitative estimate of drug-likeness (QED) is 0.381. The third-order valence-electron chi connectivity index (χ3n) is 4.93. The summed E-state index contributed by atoms with van der Waals surface area (Å²) in [6, 6.07) is 16.2. The number of hydrogen-bond donors (Lipinski definition) is 1. The largest absolute Gasteiger partial charge is 0.495 e. The lowest BCUT2D eigenvalue weighted by atomic mass is 10.2. The van der Waals surface area contributed by atoms with Crippen molar-refractivity contribution in [3.05, 3.63) is 72.1 Å². The molecular formula is C23H17ClN4O4. The third-order valence-corrected chi connectivity index (χ3v) is 5.16. The zero-order valence-corrected chi connectivity index (χ0v) is 17.7. The Bertz CT molecular complexity index is 1400. The molecule has 5 aromatic rings. The number of methoxy groups -OCH3 is 1. The van der Waals surface area contributed by atoms with Gasteiger partial charge >= 0.3 is 0 Å². The highest BCUT2D eigenvalue weighted by Gasteiger charge is 2.19. The number of halogens is 1. The van der Waals surface area contributed by atoms with Crippen LogP contribution in [0.1, 0.15) is 0 Å². The highest BCUT2D eigenvalue weighted by atomic mass is 35.5. The van der Waals surface area contributed by atoms with E-state index in [1.54, 1.807) is 36.6 Å². The number of amides is 1. The summed E-state index contributed by atoms with van der Waals surface area (Å²) in [5.74, 6) is 1.40. The molecule has 0 saturated heterocycles. The van der Waals surface area contributed by atoms with Gasteiger partial charge in [-0.25, -0.2) is 0 Å². The smallest absolute Gasteiger partial charge is 0.283 e. The Kier molecular flexibility index (Phi) is 5.12. The summed E-state index contributed by atoms with van der Waals surface area (Å²) in [6.07, 6.45) is 3.36. The molecule has 0 bridgehead atoms. The standard InChI is InChI=1S/C23H17ClN4O4/c1-30-19-9-8-14(24)11-17(19)25-21(29)13-28-12-16(15-5-2-3-6-18(15)28)22-26-27-23(32-22)20-7-4-10-31-20/h2-12H,13H2,1H3,(H,25,29). The van der Waals surface area contributed by atoms with Gasteiger partial charge in [-0.15, -0.1) is 10.2 Å². The molecule has 0 aliphatic rings. The van der Waals surface area contributed by atoms with Crippen LogP contribution in [0.3, 0.4) is 0 Å². The van der Waals surface area contributed by atoms with Gasteiger partial charge in [-0.3, -0.25) is 4.79 Å². The number of furan rings is 1. The summed E-state index contributed by atoms with van der Waals surface area (Å²) in [6.45, 7) is 0.0648. The van der Waals surface area contributed by atoms with Gasteiger partial charge < -0.3 is 23.5 Å². The van der Waals surface area contributed by atoms with Gasteiger partial charge in [-0.05, 0) is 36.4 Å². The second-order valence-corrected chi connectivity index (χ2v) is 7.41. The lowest BCUT2D eigenvalue weighted by Gasteiger charge is -2.11. The van der Waals surface area contributed by atoms with Crippen molar-refractivity contribution in [1.82, 2.24) is 14.8 Å². The van der Waals surface area contributed by atoms with E-state index in [1.807, 2.05) is 35.0 Å². The molecule has 0 aliphatic carbocycles. The molecule has 0 spiro atoms. The minimum absolute atomic E-state index is 0.0648. The van der Waals surface area contributed by atoms with Crippen molar-refractivity contribution in [2.24, 2.45) is 0 Å². The summed E-state index contributed by atoms with van der Waals surface area (Å²) in [5, 5.41) is 12.5. The van der Waals surface area contributed by atoms with E-state index in [0.717, 1.165) is 16.5 Å². The molecule has 9 heteroatoms. The van der Waals surface area contributed by atoms with Gasteiger partial charge in [0.25, 0.3) is 5.89 Å². The third kappa shape index (κ3) is 3.72. The van der Waals surface area contributed by atoms with Crippen LogP contribution in [0.2, 0.25) is 5.02 Å². The molecule has 5 rings (SSSR count). The van der Waals surface area contributed by atoms with Crippen molar-refractivity contribution >= 4 is 34.1 Å². The number of aromatic nitrogens is 3. The molecule has 0 aliphatic heterocycles. The van der Waals surface area contributed by atoms with Gasteiger partial charge in [0.15, 0.2) is 5.76 Å². The normalized spacial score (nSPS) is 11.1. The van der Waals surface area contributed by atoms with E-state index >= 15 is 0 Å². The van der Waals surface area contributed by atoms with Crippen molar-refractivity contribution in [3.63, 3.8) is 0 Å². The summed E-state index contributed by atoms with van der Waals surface area (Å²) in [7, 11) is 1.53. The Hall–Kier alpha value is -4.04. The van der Waals surface area contributed by atoms with Crippen LogP contribution in [0.5, 0.6) is 5.75 Å². The molecule has 1 amide bonds. The SMILES string of the molecule is COc1ccc(Cl)cc1NC(=O)Cn1cc(-c2nnc(-c3ccco3)o2)c2ccccc21. The maximum Gasteiger partial charge on any atom is 0.283 e. The van der Waals surface area contributed by atoms with Crippen LogP contribution in [0.15, 0.2) is 75.9 Å². The van der Waals surface area contributed by atoms with Gasteiger partial charge in [-0.1, -0.05) is 29.8 Å². The average molecular weight is 449 g/mol. The Labute approximate surface area is 187 Å². The van der Waals surface area contributed by atoms with Gasteiger partial charge in [0.05, 0.1) is 24.6 Å². The number of rotatable bonds is 6. The second-order valence-electron chi connectivity index (χ2n) is 6.97. The molecule has 3 heterocycles. The summed E-state index contributed by atoms with van der Waals surface area (Å²) in [4.78, 5) is 12.8. The monoisotopic (exact) mass is 448 g/mol. The van der Waals surface area contributed by atoms with Crippen molar-refractivity contribution in [2.75, 3.05) is 12.4 Å². The fourth-order valence-corrected chi connectivity index (χ4v) is 3.67. The van der Waals surface area contributed by atoms with Crippen molar-refractivity contribution in [2.45, 2.75) is 6.54 Å². The molecule has 0 radical (unpaired) electrons. The molecule has 0 fully saturated rings. The Balaban J connectivity index is 1.46. The van der Waals surface area contributed by atoms with Gasteiger partial charge in [0, 0.05) is 22.1 Å². The molecule has 3 aromatic heterocycles. The van der Waals surface area contributed by atoms with Crippen LogP contribution in [-0.4, -0.2) is 27.8 Å². The molecule has 160 valence electrons. The minimum Gasteiger partial charge on any atom is -0.495 e. The maximum absolute atomic E-state index is 12.8. The van der Waals surface area contributed by atoms with Gasteiger partial charge in [-0.2, -0.15) is 0 Å². The van der Waals surface area contributed by atoms with Crippen LogP contribution in [0.4, 0.5) is 5.69 Å². The number of hydrogen-bond acceptors (Lipinski definition) is 6. The highest BCUT2D eigenvalue weighted by molar-refractivity contribution is 6.31. The van der Waals surface area contributed by atoms with E-state index in [2.05, 4.69) is 15.5 Å². The average Bonchev–Trinajstić information content (AvgIpc) is 3.54. The van der Waals surface area contributed by atoms with E-state index in [9.17, 15) is 4.79 Å². The number of benzene rings is 2. The van der Waals surface area contributed by atoms with Crippen LogP contribution >= 0.6 is 11.6 Å². The topological polar surface area (TPSA) is 95.3 Å². The van der Waals surface area contributed by atoms with Crippen molar-refractivity contribution < 1.29 is 18.4 Å². The number of carbonyl (C=O) groups excluding carboxylic acids is 1. The van der Waals surface area contributed by atoms with E-state index in [-0.39, 0.29) is 18.3 Å². The molecule has 2 aromatic carbocycles. The first-order valence-electron chi connectivity index (χ1n) is 9.71. The lowest BCUT2D eigenvalue weighted by molar-refractivity contribution is -0.116. The number of nitrogens with zero attached hydrogens (tertiary/aromatic N) is 3. The Morgan fingerprint density at radius 3 is 2.78 bits per heavy atom. The number of fused-ring (bicyclic) bond motifs is 1. The van der Waals surface area contributed by atoms with Crippen LogP contribution in [-0.2, 0) is 11.3 Å². The van der Waals surface area contributed by atoms with Crippen LogP contribution in [0, 0.1) is 0 Å². The van der Waals surface area contributed by atoms with Crippen LogP contribution < -0.4 is 10.1 Å². The number of nitrogens with one attached hydrogen (secondary N) is 1. The Morgan fingerprint density at radius 1 is 1.12 bits per heavy atom. The van der Waals surface area contributed by atoms with E-state index in [1.165, 1.54) is 7.11 Å². The predicted molar refractivity (Wildman–Crippen MR) is 120 cm³/mol. The fourth-order valence-electron chi connectivity index (χ4n) is 3.50. The zero-order chi connectivity index (χ0) is 22.1. The number of ether oxygens (including phenoxy) is 1. The maximum atomic E-state index is 12.8. The minimum atomic E-state index is -0.236. The van der Waals surface area contributed by atoms with Crippen LogP contribution in [0.25, 0.3) is 34.0 Å². The molecule has 0 unspecified atom stereocenters. The second kappa shape index (κ2) is 8.24. The van der Waals surface area contributed by atoms with E-state index in [4.69, 9.17) is 25.2 Å². The number of anilines is 1. The summed E-state index contributed by atoms with van der Waals surface area (Å²) < 4.78 is 18.3. The zero-order valence-electron chi connectivity index (χ0n) is 16.9. The van der Waals surface area contributed by atoms with E-state index in [0.29, 0.717) is 28.1 Å². The van der Waals surface area contributed by atoms with Gasteiger partial charge in [0.1, 0.15) is 12.3 Å². The highest BCUT2D eigenvalue weighted by Crippen LogP contribution is 2.32. The van der Waals surface area contributed by atoms with Crippen molar-refractivity contribution in [1.29, 1.82) is 0 Å². The Morgan fingerprint density at radius 2 is 1.97 bits per heavy atom. The molecule has 8 nitrogen and oxygen atoms in total. The van der Waals surface area contributed by atoms with E-state index < -0.39 is 0 Å². The molecule has 32 heavy (non-hydrogen) atoms. The number of para-hydroxylation sites is 1.